The van der Waals surface area contributed by atoms with Crippen molar-refractivity contribution in [2.45, 2.75) is 74.6 Å². The molecule has 0 bridgehead atoms. The average Bonchev–Trinajstić information content (AvgIpc) is 4.02. The van der Waals surface area contributed by atoms with E-state index >= 15 is 0 Å². The Morgan fingerprint density at radius 3 is 2.21 bits per heavy atom. The van der Waals surface area contributed by atoms with Crippen molar-refractivity contribution in [3.63, 3.8) is 0 Å². The predicted molar refractivity (Wildman–Crippen MR) is 258 cm³/mol. The van der Waals surface area contributed by atoms with Gasteiger partial charge in [0.15, 0.2) is 30.0 Å². The number of phosphoric acid groups is 2. The topological polar surface area (TPSA) is 406 Å². The molecule has 10 atom stereocenters. The fraction of sp³-hybridized carbons (Fsp3) is 0.318. The van der Waals surface area contributed by atoms with E-state index < -0.39 is 108 Å². The van der Waals surface area contributed by atoms with Gasteiger partial charge in [0.2, 0.25) is 5.91 Å². The molecule has 0 spiro atoms. The lowest BCUT2D eigenvalue weighted by Crippen LogP contribution is -2.47. The largest absolute Gasteiger partial charge is 0.472 e. The summed E-state index contributed by atoms with van der Waals surface area (Å²) in [6.45, 7) is -2.43. The van der Waals surface area contributed by atoms with E-state index in [0.29, 0.717) is 22.4 Å². The van der Waals surface area contributed by atoms with Crippen molar-refractivity contribution in [2.75, 3.05) is 30.0 Å². The lowest BCUT2D eigenvalue weighted by Gasteiger charge is -2.26. The number of aromatic nitrogens is 6. The fourth-order valence-corrected chi connectivity index (χ4v) is 9.48. The molecule has 2 amide bonds. The number of halogens is 2. The molecule has 3 aromatic carbocycles. The van der Waals surface area contributed by atoms with Crippen LogP contribution in [0.15, 0.2) is 103 Å². The van der Waals surface area contributed by atoms with Gasteiger partial charge in [0.25, 0.3) is 0 Å². The zero-order valence-corrected chi connectivity index (χ0v) is 41.5. The van der Waals surface area contributed by atoms with Crippen molar-refractivity contribution >= 4 is 73.7 Å². The Hall–Kier alpha value is -6.82. The highest BCUT2D eigenvalue weighted by Crippen LogP contribution is 2.50. The number of fused-ring (bicyclic) bond motifs is 1. The van der Waals surface area contributed by atoms with Crippen LogP contribution in [-0.2, 0) is 70.7 Å². The Bertz CT molecular complexity index is 3230. The molecule has 404 valence electrons. The molecule has 2 fully saturated rings. The van der Waals surface area contributed by atoms with Crippen LogP contribution in [0, 0.1) is 5.82 Å². The van der Waals surface area contributed by atoms with E-state index in [0.717, 1.165) is 23.2 Å². The summed E-state index contributed by atoms with van der Waals surface area (Å²) in [4.78, 5) is 98.5. The molecule has 2 aliphatic rings. The predicted octanol–water partition coefficient (Wildman–Crippen LogP) is 1.80. The molecule has 0 aliphatic carbocycles. The van der Waals surface area contributed by atoms with E-state index in [1.165, 1.54) is 41.2 Å². The Balaban J connectivity index is 0.985. The maximum atomic E-state index is 14.3. The normalized spacial score (nSPS) is 22.7. The number of carbonyl (C=O) groups is 3. The summed E-state index contributed by atoms with van der Waals surface area (Å²) < 4.78 is 78.6. The standard InChI is InChI=1S/C44H46ClFN10O18P2/c45-25-3-1-2-24(14-25)15-28(53-44(62)68-17-23-6-10-27(11-7-23)52-32(57)16-22-4-8-26(46)9-5-22)42(60)73-36-29(71-41(34(36)58)56-21-51-33-38(48)49-20-50-39(33)56)19-70-76(66,67)74-37-30(18-69-75(63,64)65)72-40(35(37)59)55-13-12-31(47)54-43(55)61/h1-14,20-21,28-30,34-37,40-41,58-59H,15-19H2,(H,52,57)(H,53,62)(H,66,67)(H2,47,54,61)(H2,48,49,50)(H2,63,64,65)/t28-,29+,30+,34+,35+,36+,37+,40+,41+/m0/s1. The maximum absolute atomic E-state index is 14.3. The van der Waals surface area contributed by atoms with Gasteiger partial charge in [-0.1, -0.05) is 48.0 Å². The van der Waals surface area contributed by atoms with Crippen LogP contribution < -0.4 is 27.8 Å². The Morgan fingerprint density at radius 1 is 0.842 bits per heavy atom. The Morgan fingerprint density at radius 2 is 1.51 bits per heavy atom. The van der Waals surface area contributed by atoms with Crippen LogP contribution in [0.4, 0.5) is 26.5 Å². The van der Waals surface area contributed by atoms with E-state index in [9.17, 15) is 57.6 Å². The van der Waals surface area contributed by atoms with Gasteiger partial charge in [-0.15, -0.1) is 0 Å². The number of anilines is 3. The van der Waals surface area contributed by atoms with Gasteiger partial charge in [0.05, 0.1) is 26.0 Å². The van der Waals surface area contributed by atoms with Crippen LogP contribution in [0.5, 0.6) is 0 Å². The van der Waals surface area contributed by atoms with Crippen LogP contribution >= 0.6 is 27.2 Å². The van der Waals surface area contributed by atoms with Crippen LogP contribution in [0.25, 0.3) is 11.2 Å². The number of nitrogen functional groups attached to an aromatic ring is 2. The quantitative estimate of drug-likeness (QED) is 0.0389. The molecule has 3 aromatic heterocycles. The number of aliphatic hydroxyl groups is 2. The molecule has 11 N–H and O–H groups in total. The van der Waals surface area contributed by atoms with Crippen molar-refractivity contribution in [1.82, 2.24) is 34.4 Å². The molecule has 2 saturated heterocycles. The summed E-state index contributed by atoms with van der Waals surface area (Å²) in [5.41, 5.74) is 12.5. The number of nitrogens with zero attached hydrogens (tertiary/aromatic N) is 6. The van der Waals surface area contributed by atoms with Gasteiger partial charge in [-0.25, -0.2) is 42.9 Å². The summed E-state index contributed by atoms with van der Waals surface area (Å²) in [5, 5.41) is 28.6. The first-order valence-electron chi connectivity index (χ1n) is 22.4. The summed E-state index contributed by atoms with van der Waals surface area (Å²) in [5.74, 6) is -2.26. The monoisotopic (exact) mass is 1120 g/mol. The highest BCUT2D eigenvalue weighted by Gasteiger charge is 2.52. The number of benzene rings is 3. The third-order valence-electron chi connectivity index (χ3n) is 11.5. The molecule has 28 nitrogen and oxygen atoms in total. The first-order chi connectivity index (χ1) is 36.1. The molecule has 5 heterocycles. The number of nitrogens with two attached hydrogens (primary N) is 2. The lowest BCUT2D eigenvalue weighted by atomic mass is 10.1. The van der Waals surface area contributed by atoms with Crippen molar-refractivity contribution in [3.05, 3.63) is 136 Å². The van der Waals surface area contributed by atoms with Gasteiger partial charge >= 0.3 is 33.4 Å². The third kappa shape index (κ3) is 14.0. The van der Waals surface area contributed by atoms with Gasteiger partial charge in [-0.05, 0) is 59.2 Å². The number of carbonyl (C=O) groups excluding carboxylic acids is 3. The second kappa shape index (κ2) is 23.6. The molecule has 8 rings (SSSR count). The number of aliphatic hydroxyl groups excluding tert-OH is 2. The van der Waals surface area contributed by atoms with Crippen LogP contribution in [0.3, 0.4) is 0 Å². The molecule has 2 aliphatic heterocycles. The lowest BCUT2D eigenvalue weighted by molar-refractivity contribution is -0.159. The van der Waals surface area contributed by atoms with Crippen molar-refractivity contribution in [1.29, 1.82) is 0 Å². The molecule has 6 aromatic rings. The molecular weight excluding hydrogens is 1070 g/mol. The number of phosphoric ester groups is 2. The highest BCUT2D eigenvalue weighted by molar-refractivity contribution is 7.47. The first-order valence-corrected chi connectivity index (χ1v) is 25.8. The SMILES string of the molecule is Nc1ccn([C@@H]2O[C@H](COP(=O)(O)O)[C@@H](OP(=O)(O)OC[C@H]3O[C@@H](n4cnc5c(N)ncnc54)[C@H](O)[C@@H]3OC(=O)[C@H](Cc3cccc(Cl)c3)NC(=O)OCc3ccc(NC(=O)Cc4ccc(F)cc4)cc3)[C@H]2O)c(=O)n1. The molecule has 76 heavy (non-hydrogen) atoms. The van der Waals surface area contributed by atoms with Crippen LogP contribution in [0.1, 0.15) is 29.1 Å². The van der Waals surface area contributed by atoms with Gasteiger partial charge in [0, 0.05) is 23.3 Å². The van der Waals surface area contributed by atoms with E-state index in [1.54, 1.807) is 42.5 Å². The minimum Gasteiger partial charge on any atom is -0.455 e. The molecular formula is C44H46ClFN10O18P2. The summed E-state index contributed by atoms with van der Waals surface area (Å²) in [6.07, 6.45) is -12.5. The number of imidazole rings is 1. The van der Waals surface area contributed by atoms with E-state index in [2.05, 4.69) is 35.1 Å². The Labute approximate surface area is 432 Å². The third-order valence-corrected chi connectivity index (χ3v) is 13.2. The number of amides is 2. The summed E-state index contributed by atoms with van der Waals surface area (Å²) in [7, 11) is -10.7. The zero-order chi connectivity index (χ0) is 54.5. The van der Waals surface area contributed by atoms with Gasteiger partial charge in [-0.3, -0.25) is 27.5 Å². The number of hydrogen-bond acceptors (Lipinski definition) is 21. The Kier molecular flexibility index (Phi) is 17.2. The maximum Gasteiger partial charge on any atom is 0.472 e. The minimum absolute atomic E-state index is 0.0112. The number of alkyl carbamates (subject to hydrolysis) is 1. The van der Waals surface area contributed by atoms with Gasteiger partial charge in [-0.2, -0.15) is 4.98 Å². The fourth-order valence-electron chi connectivity index (χ4n) is 7.96. The van der Waals surface area contributed by atoms with Gasteiger partial charge < -0.3 is 65.9 Å². The molecule has 32 heteroatoms. The number of hydrogen-bond donors (Lipinski definition) is 9. The van der Waals surface area contributed by atoms with Crippen molar-refractivity contribution < 1.29 is 85.3 Å². The van der Waals surface area contributed by atoms with E-state index in [1.807, 2.05) is 0 Å². The van der Waals surface area contributed by atoms with E-state index in [-0.39, 0.29) is 53.2 Å². The second-order valence-corrected chi connectivity index (χ2v) is 20.0. The highest BCUT2D eigenvalue weighted by atomic mass is 35.5. The number of ether oxygens (including phenoxy) is 4. The molecule has 0 radical (unpaired) electrons. The first kappa shape index (κ1) is 55.4. The smallest absolute Gasteiger partial charge is 0.455 e. The summed E-state index contributed by atoms with van der Waals surface area (Å²) in [6, 6.07) is 17.6. The molecule has 1 unspecified atom stereocenters. The van der Waals surface area contributed by atoms with Crippen LogP contribution in [0.2, 0.25) is 5.02 Å². The number of nitrogens with one attached hydrogen (secondary N) is 2. The minimum atomic E-state index is -5.51. The van der Waals surface area contributed by atoms with Gasteiger partial charge in [0.1, 0.15) is 66.6 Å². The van der Waals surface area contributed by atoms with Crippen LogP contribution in [-0.4, -0.2) is 128 Å². The zero-order valence-electron chi connectivity index (χ0n) is 39.0. The van der Waals surface area contributed by atoms with E-state index in [4.69, 9.17) is 51.1 Å². The molecule has 0 saturated carbocycles. The van der Waals surface area contributed by atoms with Crippen molar-refractivity contribution in [3.8, 4) is 0 Å². The second-order valence-electron chi connectivity index (χ2n) is 16.9. The average molecular weight is 1120 g/mol. The summed E-state index contributed by atoms with van der Waals surface area (Å²) >= 11 is 6.24. The van der Waals surface area contributed by atoms with Crippen molar-refractivity contribution in [2.24, 2.45) is 0 Å². The number of esters is 1. The number of rotatable bonds is 20.